The van der Waals surface area contributed by atoms with Crippen molar-refractivity contribution in [1.82, 2.24) is 9.13 Å². The number of nitrogens with zero attached hydrogens (tertiary/aromatic N) is 4. The molecule has 0 spiro atoms. The Hall–Kier alpha value is -2.07. The monoisotopic (exact) mass is 292 g/mol. The Morgan fingerprint density at radius 1 is 1.29 bits per heavy atom. The highest BCUT2D eigenvalue weighted by Crippen LogP contribution is 2.32. The molecule has 1 aromatic heterocycles. The maximum absolute atomic E-state index is 12.1. The van der Waals surface area contributed by atoms with E-state index in [1.54, 1.807) is 7.05 Å². The number of rotatable bonds is 6. The van der Waals surface area contributed by atoms with E-state index in [2.05, 4.69) is 0 Å². The number of unbranched alkanes of at least 4 members (excludes halogenated alkanes) is 1. The maximum atomic E-state index is 12.1. The number of aliphatic hydroxyl groups excluding tert-OH is 1. The summed E-state index contributed by atoms with van der Waals surface area (Å²) in [6.45, 7) is 0.736. The molecule has 0 radical (unpaired) electrons. The van der Waals surface area contributed by atoms with Crippen LogP contribution in [0.3, 0.4) is 0 Å². The second-order valence-corrected chi connectivity index (χ2v) is 5.37. The summed E-state index contributed by atoms with van der Waals surface area (Å²) in [5, 5.41) is 18.2. The Morgan fingerprint density at radius 3 is 2.48 bits per heavy atom. The van der Waals surface area contributed by atoms with Gasteiger partial charge in [0.2, 0.25) is 0 Å². The van der Waals surface area contributed by atoms with Crippen molar-refractivity contribution in [2.45, 2.75) is 31.7 Å². The van der Waals surface area contributed by atoms with Crippen molar-refractivity contribution >= 4 is 5.82 Å². The van der Waals surface area contributed by atoms with E-state index in [0.29, 0.717) is 18.8 Å². The summed E-state index contributed by atoms with van der Waals surface area (Å²) >= 11 is 0. The minimum absolute atomic E-state index is 0.00972. The lowest BCUT2D eigenvalue weighted by Crippen LogP contribution is -2.43. The highest BCUT2D eigenvalue weighted by atomic mass is 16.3. The molecule has 1 aliphatic carbocycles. The summed E-state index contributed by atoms with van der Waals surface area (Å²) in [4.78, 5) is 26.2. The molecule has 21 heavy (non-hydrogen) atoms. The van der Waals surface area contributed by atoms with Gasteiger partial charge < -0.3 is 10.0 Å². The molecule has 0 atom stereocenters. The molecule has 1 heterocycles. The van der Waals surface area contributed by atoms with Crippen LogP contribution in [0.25, 0.3) is 0 Å². The molecule has 1 saturated carbocycles. The average molecular weight is 292 g/mol. The number of anilines is 1. The molecule has 7 nitrogen and oxygen atoms in total. The SMILES string of the molecule is Cn1c(N(CCCCO)C2CC2)c(C#N)c(=O)n(C)c1=O. The van der Waals surface area contributed by atoms with Crippen molar-refractivity contribution in [3.63, 3.8) is 0 Å². The standard InChI is InChI=1S/C14H20N4O3/c1-16-12(11(9-15)13(20)17(2)14(16)21)18(10-5-6-10)7-3-4-8-19/h10,19H,3-8H2,1-2H3. The van der Waals surface area contributed by atoms with Gasteiger partial charge in [-0.2, -0.15) is 5.26 Å². The van der Waals surface area contributed by atoms with Gasteiger partial charge in [0.1, 0.15) is 11.9 Å². The van der Waals surface area contributed by atoms with Gasteiger partial charge in [0, 0.05) is 33.3 Å². The zero-order chi connectivity index (χ0) is 15.6. The van der Waals surface area contributed by atoms with Gasteiger partial charge in [-0.1, -0.05) is 0 Å². The first kappa shape index (κ1) is 15.3. The highest BCUT2D eigenvalue weighted by molar-refractivity contribution is 5.55. The zero-order valence-corrected chi connectivity index (χ0v) is 12.4. The van der Waals surface area contributed by atoms with Crippen molar-refractivity contribution in [2.75, 3.05) is 18.1 Å². The Morgan fingerprint density at radius 2 is 1.95 bits per heavy atom. The molecular weight excluding hydrogens is 272 g/mol. The van der Waals surface area contributed by atoms with Gasteiger partial charge in [0.05, 0.1) is 0 Å². The fourth-order valence-electron chi connectivity index (χ4n) is 2.51. The van der Waals surface area contributed by atoms with Crippen LogP contribution in [0.1, 0.15) is 31.2 Å². The molecule has 2 rings (SSSR count). The van der Waals surface area contributed by atoms with Gasteiger partial charge in [-0.15, -0.1) is 0 Å². The van der Waals surface area contributed by atoms with Crippen LogP contribution in [0.2, 0.25) is 0 Å². The second-order valence-electron chi connectivity index (χ2n) is 5.37. The van der Waals surface area contributed by atoms with Crippen molar-refractivity contribution in [1.29, 1.82) is 5.26 Å². The van der Waals surface area contributed by atoms with E-state index in [0.717, 1.165) is 23.8 Å². The third kappa shape index (κ3) is 2.85. The van der Waals surface area contributed by atoms with Crippen LogP contribution in [0.4, 0.5) is 5.82 Å². The van der Waals surface area contributed by atoms with E-state index < -0.39 is 11.2 Å². The number of hydrogen-bond donors (Lipinski definition) is 1. The lowest BCUT2D eigenvalue weighted by atomic mass is 10.2. The van der Waals surface area contributed by atoms with E-state index in [1.165, 1.54) is 11.6 Å². The summed E-state index contributed by atoms with van der Waals surface area (Å²) < 4.78 is 2.33. The highest BCUT2D eigenvalue weighted by Gasteiger charge is 2.33. The minimum Gasteiger partial charge on any atom is -0.396 e. The van der Waals surface area contributed by atoms with Gasteiger partial charge in [-0.25, -0.2) is 4.79 Å². The van der Waals surface area contributed by atoms with Gasteiger partial charge in [0.15, 0.2) is 5.56 Å². The van der Waals surface area contributed by atoms with Gasteiger partial charge >= 0.3 is 5.69 Å². The van der Waals surface area contributed by atoms with E-state index in [-0.39, 0.29) is 18.2 Å². The first-order valence-electron chi connectivity index (χ1n) is 7.10. The average Bonchev–Trinajstić information content (AvgIpc) is 3.30. The molecule has 0 bridgehead atoms. The van der Waals surface area contributed by atoms with Gasteiger partial charge in [0.25, 0.3) is 5.56 Å². The fourth-order valence-corrected chi connectivity index (χ4v) is 2.51. The Bertz CT molecular complexity index is 679. The summed E-state index contributed by atoms with van der Waals surface area (Å²) in [7, 11) is 2.96. The predicted octanol–water partition coefficient (Wildman–Crippen LogP) is -0.303. The summed E-state index contributed by atoms with van der Waals surface area (Å²) in [6.07, 6.45) is 3.39. The van der Waals surface area contributed by atoms with Crippen molar-refractivity contribution in [2.24, 2.45) is 14.1 Å². The molecule has 0 amide bonds. The van der Waals surface area contributed by atoms with Crippen LogP contribution in [0, 0.1) is 11.3 Å². The lowest BCUT2D eigenvalue weighted by Gasteiger charge is -2.27. The quantitative estimate of drug-likeness (QED) is 0.727. The summed E-state index contributed by atoms with van der Waals surface area (Å²) in [6, 6.07) is 2.21. The zero-order valence-electron chi connectivity index (χ0n) is 12.4. The molecule has 0 saturated heterocycles. The normalized spacial score (nSPS) is 14.0. The molecule has 0 aromatic carbocycles. The van der Waals surface area contributed by atoms with Crippen LogP contribution < -0.4 is 16.1 Å². The van der Waals surface area contributed by atoms with Crippen molar-refractivity contribution < 1.29 is 5.11 Å². The third-order valence-electron chi connectivity index (χ3n) is 3.81. The number of nitriles is 1. The first-order chi connectivity index (χ1) is 10.0. The Kier molecular flexibility index (Phi) is 4.48. The fraction of sp³-hybridized carbons (Fsp3) is 0.643. The largest absolute Gasteiger partial charge is 0.396 e. The van der Waals surface area contributed by atoms with Gasteiger partial charge in [-0.05, 0) is 25.7 Å². The molecule has 7 heteroatoms. The maximum Gasteiger partial charge on any atom is 0.332 e. The summed E-state index contributed by atoms with van der Waals surface area (Å²) in [5.74, 6) is 0.408. The van der Waals surface area contributed by atoms with Crippen molar-refractivity contribution in [3.8, 4) is 6.07 Å². The second kappa shape index (κ2) is 6.14. The van der Waals surface area contributed by atoms with E-state index in [4.69, 9.17) is 5.11 Å². The molecule has 1 aliphatic rings. The van der Waals surface area contributed by atoms with Crippen LogP contribution in [0.15, 0.2) is 9.59 Å². The molecular formula is C14H20N4O3. The van der Waals surface area contributed by atoms with Crippen LogP contribution in [-0.2, 0) is 14.1 Å². The van der Waals surface area contributed by atoms with E-state index in [1.807, 2.05) is 11.0 Å². The lowest BCUT2D eigenvalue weighted by molar-refractivity contribution is 0.285. The van der Waals surface area contributed by atoms with Crippen LogP contribution in [0.5, 0.6) is 0 Å². The molecule has 1 aromatic rings. The number of hydrogen-bond acceptors (Lipinski definition) is 5. The van der Waals surface area contributed by atoms with Crippen LogP contribution >= 0.6 is 0 Å². The molecule has 1 N–H and O–H groups in total. The third-order valence-corrected chi connectivity index (χ3v) is 3.81. The number of aromatic nitrogens is 2. The topological polar surface area (TPSA) is 91.3 Å². The molecule has 1 fully saturated rings. The Labute approximate surface area is 122 Å². The van der Waals surface area contributed by atoms with Crippen molar-refractivity contribution in [3.05, 3.63) is 26.4 Å². The van der Waals surface area contributed by atoms with E-state index >= 15 is 0 Å². The molecule has 0 aliphatic heterocycles. The molecule has 0 unspecified atom stereocenters. The number of aliphatic hydroxyl groups is 1. The first-order valence-corrected chi connectivity index (χ1v) is 7.10. The molecule has 114 valence electrons. The smallest absolute Gasteiger partial charge is 0.332 e. The Balaban J connectivity index is 2.52. The van der Waals surface area contributed by atoms with Crippen LogP contribution in [-0.4, -0.2) is 33.4 Å². The minimum atomic E-state index is -0.552. The van der Waals surface area contributed by atoms with E-state index in [9.17, 15) is 14.9 Å². The van der Waals surface area contributed by atoms with Gasteiger partial charge in [-0.3, -0.25) is 13.9 Å². The summed E-state index contributed by atoms with van der Waals surface area (Å²) in [5.41, 5.74) is -0.972. The predicted molar refractivity (Wildman–Crippen MR) is 78.3 cm³/mol.